The van der Waals surface area contributed by atoms with Crippen LogP contribution in [0.4, 0.5) is 0 Å². The van der Waals surface area contributed by atoms with Crippen molar-refractivity contribution in [3.63, 3.8) is 0 Å². The van der Waals surface area contributed by atoms with E-state index in [1.54, 1.807) is 11.8 Å². The third-order valence-corrected chi connectivity index (χ3v) is 5.55. The zero-order valence-corrected chi connectivity index (χ0v) is 12.8. The molecule has 108 valence electrons. The third-order valence-electron chi connectivity index (χ3n) is 4.24. The third kappa shape index (κ3) is 3.01. The van der Waals surface area contributed by atoms with Crippen molar-refractivity contribution in [1.29, 1.82) is 0 Å². The van der Waals surface area contributed by atoms with Crippen molar-refractivity contribution in [2.45, 2.75) is 55.5 Å². The lowest BCUT2D eigenvalue weighted by Gasteiger charge is -2.27. The molecule has 1 atom stereocenters. The van der Waals surface area contributed by atoms with E-state index in [2.05, 4.69) is 23.5 Å². The van der Waals surface area contributed by atoms with E-state index in [9.17, 15) is 4.79 Å². The molecule has 2 aliphatic rings. The van der Waals surface area contributed by atoms with Crippen LogP contribution in [0, 0.1) is 0 Å². The standard InChI is InChI=1S/C16H22N2OS/c1-16(15(17)19,18-13-6-7-13)10-20-14-8-5-11-3-2-4-12(11)9-14/h5,8-9,13,18H,2-4,6-7,10H2,1H3,(H2,17,19). The smallest absolute Gasteiger partial charge is 0.238 e. The van der Waals surface area contributed by atoms with Gasteiger partial charge in [-0.3, -0.25) is 4.79 Å². The Morgan fingerprint density at radius 3 is 2.85 bits per heavy atom. The number of rotatable bonds is 6. The molecule has 4 heteroatoms. The normalized spacial score (nSPS) is 20.4. The van der Waals surface area contributed by atoms with Crippen LogP contribution in [0.3, 0.4) is 0 Å². The van der Waals surface area contributed by atoms with Crippen molar-refractivity contribution < 1.29 is 4.79 Å². The molecule has 1 saturated carbocycles. The number of benzene rings is 1. The minimum Gasteiger partial charge on any atom is -0.368 e. The summed E-state index contributed by atoms with van der Waals surface area (Å²) in [5, 5.41) is 3.39. The van der Waals surface area contributed by atoms with E-state index in [0.29, 0.717) is 11.8 Å². The first kappa shape index (κ1) is 14.0. The van der Waals surface area contributed by atoms with Gasteiger partial charge in [-0.25, -0.2) is 0 Å². The number of primary amides is 1. The number of carbonyl (C=O) groups is 1. The lowest BCUT2D eigenvalue weighted by atomic mass is 10.1. The number of nitrogens with two attached hydrogens (primary N) is 1. The van der Waals surface area contributed by atoms with Gasteiger partial charge in [-0.05, 0) is 62.3 Å². The Kier molecular flexibility index (Phi) is 3.78. The van der Waals surface area contributed by atoms with E-state index in [-0.39, 0.29) is 5.91 Å². The molecule has 3 nitrogen and oxygen atoms in total. The zero-order chi connectivity index (χ0) is 14.2. The summed E-state index contributed by atoms with van der Waals surface area (Å²) in [5.41, 5.74) is 7.95. The van der Waals surface area contributed by atoms with Gasteiger partial charge >= 0.3 is 0 Å². The molecule has 0 aromatic heterocycles. The first-order valence-corrected chi connectivity index (χ1v) is 8.38. The predicted molar refractivity (Wildman–Crippen MR) is 82.9 cm³/mol. The van der Waals surface area contributed by atoms with Gasteiger partial charge < -0.3 is 11.1 Å². The summed E-state index contributed by atoms with van der Waals surface area (Å²) in [4.78, 5) is 13.0. The molecule has 1 unspecified atom stereocenters. The van der Waals surface area contributed by atoms with Crippen molar-refractivity contribution in [1.82, 2.24) is 5.32 Å². The molecule has 0 heterocycles. The average Bonchev–Trinajstić information content (AvgIpc) is 3.10. The summed E-state index contributed by atoms with van der Waals surface area (Å²) in [6.07, 6.45) is 5.99. The van der Waals surface area contributed by atoms with Gasteiger partial charge in [0.2, 0.25) is 5.91 Å². The number of hydrogen-bond acceptors (Lipinski definition) is 3. The Morgan fingerprint density at radius 2 is 2.15 bits per heavy atom. The number of thioether (sulfide) groups is 1. The molecule has 1 fully saturated rings. The molecule has 1 aromatic rings. The summed E-state index contributed by atoms with van der Waals surface area (Å²) in [5.74, 6) is 0.440. The first-order chi connectivity index (χ1) is 9.57. The van der Waals surface area contributed by atoms with Crippen molar-refractivity contribution in [2.24, 2.45) is 5.73 Å². The minimum atomic E-state index is -0.606. The highest BCUT2D eigenvalue weighted by Gasteiger charge is 2.37. The maximum atomic E-state index is 11.7. The van der Waals surface area contributed by atoms with Gasteiger partial charge in [0.15, 0.2) is 0 Å². The van der Waals surface area contributed by atoms with Crippen LogP contribution in [0.2, 0.25) is 0 Å². The Labute approximate surface area is 124 Å². The molecule has 1 amide bonds. The number of fused-ring (bicyclic) bond motifs is 1. The van der Waals surface area contributed by atoms with Crippen LogP contribution < -0.4 is 11.1 Å². The quantitative estimate of drug-likeness (QED) is 0.790. The monoisotopic (exact) mass is 290 g/mol. The van der Waals surface area contributed by atoms with Gasteiger partial charge in [-0.2, -0.15) is 0 Å². The van der Waals surface area contributed by atoms with Gasteiger partial charge in [-0.15, -0.1) is 11.8 Å². The Bertz CT molecular complexity index is 527. The number of nitrogens with one attached hydrogen (secondary N) is 1. The van der Waals surface area contributed by atoms with Crippen LogP contribution in [-0.2, 0) is 17.6 Å². The molecule has 1 aromatic carbocycles. The number of aryl methyl sites for hydroxylation is 2. The molecule has 0 bridgehead atoms. The summed E-state index contributed by atoms with van der Waals surface area (Å²) in [6, 6.07) is 7.17. The van der Waals surface area contributed by atoms with E-state index in [1.165, 1.54) is 35.3 Å². The van der Waals surface area contributed by atoms with Gasteiger partial charge in [0.05, 0.1) is 0 Å². The fourth-order valence-electron chi connectivity index (χ4n) is 2.73. The molecule has 2 aliphatic carbocycles. The molecule has 0 spiro atoms. The lowest BCUT2D eigenvalue weighted by Crippen LogP contribution is -2.55. The summed E-state index contributed by atoms with van der Waals surface area (Å²) in [6.45, 7) is 1.92. The van der Waals surface area contributed by atoms with Crippen LogP contribution in [0.1, 0.15) is 37.3 Å². The van der Waals surface area contributed by atoms with Gasteiger partial charge in [-0.1, -0.05) is 6.07 Å². The molecule has 0 radical (unpaired) electrons. The molecule has 20 heavy (non-hydrogen) atoms. The van der Waals surface area contributed by atoms with Crippen LogP contribution in [0.15, 0.2) is 23.1 Å². The van der Waals surface area contributed by atoms with Crippen LogP contribution in [0.25, 0.3) is 0 Å². The number of carbonyl (C=O) groups excluding carboxylic acids is 1. The zero-order valence-electron chi connectivity index (χ0n) is 11.9. The van der Waals surface area contributed by atoms with Crippen molar-refractivity contribution >= 4 is 17.7 Å². The van der Waals surface area contributed by atoms with E-state index < -0.39 is 5.54 Å². The van der Waals surface area contributed by atoms with Gasteiger partial charge in [0.25, 0.3) is 0 Å². The molecule has 0 aliphatic heterocycles. The van der Waals surface area contributed by atoms with E-state index in [4.69, 9.17) is 5.73 Å². The fourth-order valence-corrected chi connectivity index (χ4v) is 3.80. The largest absolute Gasteiger partial charge is 0.368 e. The minimum absolute atomic E-state index is 0.252. The molecule has 3 rings (SSSR count). The summed E-state index contributed by atoms with van der Waals surface area (Å²) < 4.78 is 0. The Balaban J connectivity index is 1.66. The predicted octanol–water partition coefficient (Wildman–Crippen LogP) is 2.26. The second kappa shape index (κ2) is 5.41. The fraction of sp³-hybridized carbons (Fsp3) is 0.562. The number of amides is 1. The Hall–Kier alpha value is -1.00. The maximum absolute atomic E-state index is 11.7. The van der Waals surface area contributed by atoms with Crippen molar-refractivity contribution in [3.05, 3.63) is 29.3 Å². The summed E-state index contributed by atoms with van der Waals surface area (Å²) in [7, 11) is 0. The molecule has 3 N–H and O–H groups in total. The lowest BCUT2D eigenvalue weighted by molar-refractivity contribution is -0.123. The highest BCUT2D eigenvalue weighted by molar-refractivity contribution is 7.99. The van der Waals surface area contributed by atoms with Crippen LogP contribution in [-0.4, -0.2) is 23.2 Å². The molecular weight excluding hydrogens is 268 g/mol. The summed E-state index contributed by atoms with van der Waals surface area (Å²) >= 11 is 1.73. The van der Waals surface area contributed by atoms with Gasteiger partial charge in [0.1, 0.15) is 5.54 Å². The Morgan fingerprint density at radius 1 is 1.40 bits per heavy atom. The maximum Gasteiger partial charge on any atom is 0.238 e. The average molecular weight is 290 g/mol. The molecular formula is C16H22N2OS. The van der Waals surface area contributed by atoms with Crippen molar-refractivity contribution in [3.8, 4) is 0 Å². The second-order valence-corrected chi connectivity index (χ2v) is 7.24. The second-order valence-electron chi connectivity index (χ2n) is 6.19. The van der Waals surface area contributed by atoms with E-state index in [1.807, 2.05) is 6.92 Å². The van der Waals surface area contributed by atoms with E-state index in [0.717, 1.165) is 12.8 Å². The highest BCUT2D eigenvalue weighted by atomic mass is 32.2. The van der Waals surface area contributed by atoms with Gasteiger partial charge in [0, 0.05) is 16.7 Å². The molecule has 0 saturated heterocycles. The van der Waals surface area contributed by atoms with Crippen LogP contribution in [0.5, 0.6) is 0 Å². The topological polar surface area (TPSA) is 55.1 Å². The van der Waals surface area contributed by atoms with E-state index >= 15 is 0 Å². The highest BCUT2D eigenvalue weighted by Crippen LogP contribution is 2.30. The van der Waals surface area contributed by atoms with Crippen molar-refractivity contribution in [2.75, 3.05) is 5.75 Å². The first-order valence-electron chi connectivity index (χ1n) is 7.39. The SMILES string of the molecule is CC(CSc1ccc2c(c1)CCC2)(NC1CC1)C(N)=O. The number of hydrogen-bond donors (Lipinski definition) is 2. The van der Waals surface area contributed by atoms with Crippen LogP contribution >= 0.6 is 11.8 Å².